The van der Waals surface area contributed by atoms with Crippen LogP contribution in [0, 0.1) is 0 Å². The fourth-order valence-electron chi connectivity index (χ4n) is 8.32. The predicted molar refractivity (Wildman–Crippen MR) is 292 cm³/mol. The Morgan fingerprint density at radius 1 is 0.563 bits per heavy atom. The summed E-state index contributed by atoms with van der Waals surface area (Å²) >= 11 is 0. The molecule has 0 aromatic heterocycles. The van der Waals surface area contributed by atoms with E-state index in [9.17, 15) is 35.1 Å². The molecule has 0 aliphatic carbocycles. The summed E-state index contributed by atoms with van der Waals surface area (Å²) in [6.45, 7) is 5.60. The molecule has 0 aromatic carbocycles. The maximum absolute atomic E-state index is 13.3. The van der Waals surface area contributed by atoms with E-state index in [-0.39, 0.29) is 19.4 Å². The summed E-state index contributed by atoms with van der Waals surface area (Å²) in [5, 5.41) is 56.7. The Balaban J connectivity index is 2.77. The van der Waals surface area contributed by atoms with Crippen LogP contribution in [0.3, 0.4) is 0 Å². The van der Waals surface area contributed by atoms with E-state index in [0.29, 0.717) is 19.3 Å². The lowest BCUT2D eigenvalue weighted by Gasteiger charge is -2.41. The van der Waals surface area contributed by atoms with Crippen molar-refractivity contribution in [3.8, 4) is 0 Å². The Kier molecular flexibility index (Phi) is 44.4. The van der Waals surface area contributed by atoms with Gasteiger partial charge in [-0.3, -0.25) is 9.59 Å². The van der Waals surface area contributed by atoms with Crippen molar-refractivity contribution in [2.45, 2.75) is 269 Å². The molecule has 71 heavy (non-hydrogen) atoms. The normalized spacial score (nSPS) is 20.3. The Morgan fingerprint density at radius 2 is 1.01 bits per heavy atom. The van der Waals surface area contributed by atoms with Gasteiger partial charge in [-0.05, 0) is 64.2 Å². The van der Waals surface area contributed by atoms with Gasteiger partial charge in [-0.25, -0.2) is 0 Å². The number of carbonyl (C=O) groups is 2. The highest BCUT2D eigenvalue weighted by Gasteiger charge is 2.47. The lowest BCUT2D eigenvalue weighted by Crippen LogP contribution is -2.61. The molecule has 0 aromatic rings. The van der Waals surface area contributed by atoms with Crippen molar-refractivity contribution in [2.24, 2.45) is 0 Å². The summed E-state index contributed by atoms with van der Waals surface area (Å²) in [4.78, 5) is 26.4. The highest BCUT2D eigenvalue weighted by atomic mass is 16.7. The standard InChI is InChI=1S/C60H103NO10/c1-4-7-10-13-16-19-22-24-25-26-27-28-29-31-33-36-39-42-45-48-55(65)71-58-57(67)56(66)54(49-62)70-60(58)69-50-51(52(63)46-43-40-37-35-32-30-23-20-17-14-11-8-5-2)61-59(68)53(64)47-44-41-38-34-21-18-15-12-9-6-3/h7,10,16,19,24-25,27-28,31,33,39,42-43,46,51-54,56-58,60,62-64,66-67H,4-6,8-9,11-15,17-18,20-23,26,29-30,32,34-38,40-41,44-45,47-50H2,1-3H3,(H,61,68)/b10-7-,19-16-,25-24-,28-27-,33-31-,42-39-,46-43+. The van der Waals surface area contributed by atoms with E-state index in [1.165, 1.54) is 96.3 Å². The van der Waals surface area contributed by atoms with Crippen LogP contribution >= 0.6 is 0 Å². The average molecular weight is 998 g/mol. The largest absolute Gasteiger partial charge is 0.454 e. The number of hydrogen-bond donors (Lipinski definition) is 6. The van der Waals surface area contributed by atoms with Crippen LogP contribution in [0.25, 0.3) is 0 Å². The zero-order chi connectivity index (χ0) is 51.8. The summed E-state index contributed by atoms with van der Waals surface area (Å²) in [6, 6.07) is -1.04. The number of aliphatic hydroxyl groups is 5. The summed E-state index contributed by atoms with van der Waals surface area (Å²) < 4.78 is 17.5. The Hall–Kier alpha value is -3.16. The van der Waals surface area contributed by atoms with Gasteiger partial charge in [0.1, 0.15) is 24.4 Å². The zero-order valence-corrected chi connectivity index (χ0v) is 44.8. The molecule has 0 saturated carbocycles. The van der Waals surface area contributed by atoms with Crippen molar-refractivity contribution in [1.82, 2.24) is 5.32 Å². The minimum absolute atomic E-state index is 0.00409. The molecule has 0 spiro atoms. The SMILES string of the molecule is CC/C=C\C/C=C\C/C=C\C/C=C\C/C=C\C/C=C\CCC(=O)OC1C(OCC(NC(=O)C(O)CCCCCCCCCCCC)C(O)/C=C/CCCCCCCCCCCCC)OC(CO)C(O)C1O. The third-order valence-electron chi connectivity index (χ3n) is 12.8. The second-order valence-corrected chi connectivity index (χ2v) is 19.3. The molecular formula is C60H103NO10. The van der Waals surface area contributed by atoms with Crippen molar-refractivity contribution in [3.63, 3.8) is 0 Å². The molecule has 1 aliphatic rings. The number of aliphatic hydroxyl groups excluding tert-OH is 5. The number of unbranched alkanes of at least 4 members (excludes halogenated alkanes) is 20. The molecule has 6 N–H and O–H groups in total. The molecule has 8 atom stereocenters. The third-order valence-corrected chi connectivity index (χ3v) is 12.8. The molecule has 11 nitrogen and oxygen atoms in total. The Bertz CT molecular complexity index is 1470. The number of ether oxygens (including phenoxy) is 3. The van der Waals surface area contributed by atoms with Crippen molar-refractivity contribution >= 4 is 11.9 Å². The summed E-state index contributed by atoms with van der Waals surface area (Å²) in [5.41, 5.74) is 0. The summed E-state index contributed by atoms with van der Waals surface area (Å²) in [6.07, 6.45) is 50.7. The predicted octanol–water partition coefficient (Wildman–Crippen LogP) is 12.6. The lowest BCUT2D eigenvalue weighted by molar-refractivity contribution is -0.305. The number of carbonyl (C=O) groups excluding carboxylic acids is 2. The molecule has 1 saturated heterocycles. The van der Waals surface area contributed by atoms with Crippen LogP contribution in [0.2, 0.25) is 0 Å². The van der Waals surface area contributed by atoms with Crippen LogP contribution in [0.1, 0.15) is 220 Å². The van der Waals surface area contributed by atoms with Crippen LogP contribution in [0.4, 0.5) is 0 Å². The first-order chi connectivity index (χ1) is 34.7. The van der Waals surface area contributed by atoms with Gasteiger partial charge in [0.2, 0.25) is 5.91 Å². The van der Waals surface area contributed by atoms with Crippen molar-refractivity contribution < 1.29 is 49.3 Å². The minimum atomic E-state index is -1.65. The fraction of sp³-hybridized carbons (Fsp3) is 0.733. The van der Waals surface area contributed by atoms with E-state index in [0.717, 1.165) is 70.6 Å². The van der Waals surface area contributed by atoms with Gasteiger partial charge in [-0.2, -0.15) is 0 Å². The first-order valence-corrected chi connectivity index (χ1v) is 28.4. The Labute approximate surface area is 432 Å². The second-order valence-electron chi connectivity index (χ2n) is 19.3. The highest BCUT2D eigenvalue weighted by molar-refractivity contribution is 5.80. The van der Waals surface area contributed by atoms with Crippen LogP contribution in [0.15, 0.2) is 85.1 Å². The number of esters is 1. The maximum Gasteiger partial charge on any atom is 0.306 e. The fourth-order valence-corrected chi connectivity index (χ4v) is 8.32. The molecule has 408 valence electrons. The number of nitrogens with one attached hydrogen (secondary N) is 1. The topological polar surface area (TPSA) is 175 Å². The van der Waals surface area contributed by atoms with E-state index in [4.69, 9.17) is 14.2 Å². The van der Waals surface area contributed by atoms with E-state index in [1.54, 1.807) is 6.08 Å². The van der Waals surface area contributed by atoms with Gasteiger partial charge in [-0.15, -0.1) is 0 Å². The quantitative estimate of drug-likeness (QED) is 0.0196. The molecule has 1 heterocycles. The molecule has 1 fully saturated rings. The molecule has 1 rings (SSSR count). The first kappa shape index (κ1) is 65.9. The van der Waals surface area contributed by atoms with Gasteiger partial charge in [0.25, 0.3) is 0 Å². The van der Waals surface area contributed by atoms with Gasteiger partial charge in [0.05, 0.1) is 25.4 Å². The molecule has 8 unspecified atom stereocenters. The Morgan fingerprint density at radius 3 is 1.49 bits per heavy atom. The third kappa shape index (κ3) is 36.4. The van der Waals surface area contributed by atoms with Crippen LogP contribution < -0.4 is 5.32 Å². The van der Waals surface area contributed by atoms with E-state index >= 15 is 0 Å². The number of rotatable bonds is 46. The van der Waals surface area contributed by atoms with Gasteiger partial charge in [-0.1, -0.05) is 234 Å². The molecule has 1 aliphatic heterocycles. The van der Waals surface area contributed by atoms with Crippen LogP contribution in [0.5, 0.6) is 0 Å². The van der Waals surface area contributed by atoms with Crippen molar-refractivity contribution in [3.05, 3.63) is 85.1 Å². The van der Waals surface area contributed by atoms with Gasteiger partial charge in [0, 0.05) is 6.42 Å². The monoisotopic (exact) mass is 998 g/mol. The zero-order valence-electron chi connectivity index (χ0n) is 44.8. The number of amides is 1. The van der Waals surface area contributed by atoms with E-state index in [1.807, 2.05) is 18.2 Å². The van der Waals surface area contributed by atoms with Gasteiger partial charge >= 0.3 is 5.97 Å². The average Bonchev–Trinajstić information content (AvgIpc) is 3.37. The van der Waals surface area contributed by atoms with Crippen LogP contribution in [-0.4, -0.2) is 99.6 Å². The molecule has 11 heteroatoms. The van der Waals surface area contributed by atoms with Crippen LogP contribution in [-0.2, 0) is 23.8 Å². The molecular weight excluding hydrogens is 895 g/mol. The summed E-state index contributed by atoms with van der Waals surface area (Å²) in [7, 11) is 0. The number of hydrogen-bond acceptors (Lipinski definition) is 10. The van der Waals surface area contributed by atoms with Crippen molar-refractivity contribution in [1.29, 1.82) is 0 Å². The maximum atomic E-state index is 13.3. The number of allylic oxidation sites excluding steroid dienone is 13. The minimum Gasteiger partial charge on any atom is -0.454 e. The van der Waals surface area contributed by atoms with E-state index in [2.05, 4.69) is 86.8 Å². The van der Waals surface area contributed by atoms with E-state index < -0.39 is 67.4 Å². The molecule has 0 radical (unpaired) electrons. The first-order valence-electron chi connectivity index (χ1n) is 28.4. The smallest absolute Gasteiger partial charge is 0.306 e. The molecule has 0 bridgehead atoms. The highest BCUT2D eigenvalue weighted by Crippen LogP contribution is 2.26. The van der Waals surface area contributed by atoms with Gasteiger partial charge < -0.3 is 45.1 Å². The second kappa shape index (κ2) is 47.8. The summed E-state index contributed by atoms with van der Waals surface area (Å²) in [5.74, 6) is -1.29. The molecule has 1 amide bonds. The van der Waals surface area contributed by atoms with Gasteiger partial charge in [0.15, 0.2) is 12.4 Å². The van der Waals surface area contributed by atoms with Crippen molar-refractivity contribution in [2.75, 3.05) is 13.2 Å². The lowest BCUT2D eigenvalue weighted by atomic mass is 9.99.